The predicted molar refractivity (Wildman–Crippen MR) is 113 cm³/mol. The van der Waals surface area contributed by atoms with Crippen LogP contribution in [0.1, 0.15) is 32.9 Å². The summed E-state index contributed by atoms with van der Waals surface area (Å²) in [7, 11) is 0. The highest BCUT2D eigenvalue weighted by Crippen LogP contribution is 2.15. The van der Waals surface area contributed by atoms with Crippen molar-refractivity contribution >= 4 is 16.8 Å². The van der Waals surface area contributed by atoms with Gasteiger partial charge in [-0.2, -0.15) is 5.10 Å². The number of aryl methyl sites for hydroxylation is 2. The number of fused-ring (bicyclic) bond motifs is 1. The van der Waals surface area contributed by atoms with Crippen LogP contribution in [0, 0.1) is 13.8 Å². The Morgan fingerprint density at radius 2 is 1.83 bits per heavy atom. The van der Waals surface area contributed by atoms with Gasteiger partial charge < -0.3 is 10.3 Å². The van der Waals surface area contributed by atoms with Gasteiger partial charge in [-0.1, -0.05) is 42.5 Å². The Labute approximate surface area is 168 Å². The quantitative estimate of drug-likeness (QED) is 0.552. The molecule has 0 aliphatic rings. The first-order valence-corrected chi connectivity index (χ1v) is 9.49. The van der Waals surface area contributed by atoms with E-state index in [4.69, 9.17) is 0 Å². The maximum absolute atomic E-state index is 12.7. The first-order valence-electron chi connectivity index (χ1n) is 9.49. The van der Waals surface area contributed by atoms with Crippen LogP contribution in [0.2, 0.25) is 0 Å². The Kier molecular flexibility index (Phi) is 4.99. The molecule has 0 saturated carbocycles. The summed E-state index contributed by atoms with van der Waals surface area (Å²) in [6, 6.07) is 18.7. The number of amides is 1. The normalized spacial score (nSPS) is 11.0. The molecule has 4 aromatic rings. The fourth-order valence-corrected chi connectivity index (χ4v) is 3.52. The lowest BCUT2D eigenvalue weighted by Crippen LogP contribution is -2.25. The van der Waals surface area contributed by atoms with Crippen LogP contribution >= 0.6 is 0 Å². The number of carbonyl (C=O) groups is 1. The molecule has 2 N–H and O–H groups in total. The zero-order chi connectivity index (χ0) is 20.4. The Hall–Kier alpha value is -3.67. The summed E-state index contributed by atoms with van der Waals surface area (Å²) >= 11 is 0. The number of H-pyrrole nitrogens is 1. The second-order valence-electron chi connectivity index (χ2n) is 7.18. The van der Waals surface area contributed by atoms with Crippen LogP contribution in [-0.2, 0) is 13.1 Å². The molecule has 0 spiro atoms. The van der Waals surface area contributed by atoms with Gasteiger partial charge >= 0.3 is 0 Å². The molecule has 0 unspecified atom stereocenters. The average Bonchev–Trinajstić information content (AvgIpc) is 3.02. The molecule has 0 fully saturated rings. The van der Waals surface area contributed by atoms with Gasteiger partial charge in [0.2, 0.25) is 5.56 Å². The second-order valence-corrected chi connectivity index (χ2v) is 7.18. The number of benzene rings is 2. The van der Waals surface area contributed by atoms with Crippen molar-refractivity contribution in [2.24, 2.45) is 0 Å². The molecule has 2 aromatic heterocycles. The molecule has 6 nitrogen and oxygen atoms in total. The van der Waals surface area contributed by atoms with E-state index in [0.717, 1.165) is 27.9 Å². The largest absolute Gasteiger partial charge is 0.348 e. The zero-order valence-electron chi connectivity index (χ0n) is 16.4. The molecule has 1 amide bonds. The van der Waals surface area contributed by atoms with E-state index in [2.05, 4.69) is 27.5 Å². The number of aromatic amines is 1. The van der Waals surface area contributed by atoms with E-state index >= 15 is 0 Å². The average molecular weight is 386 g/mol. The molecule has 4 rings (SSSR count). The minimum Gasteiger partial charge on any atom is -0.348 e. The van der Waals surface area contributed by atoms with Crippen molar-refractivity contribution in [1.82, 2.24) is 20.1 Å². The van der Waals surface area contributed by atoms with Crippen molar-refractivity contribution in [2.75, 3.05) is 0 Å². The highest BCUT2D eigenvalue weighted by molar-refractivity contribution is 6.05. The lowest BCUT2D eigenvalue weighted by Gasteiger charge is -2.10. The van der Waals surface area contributed by atoms with Crippen LogP contribution in [0.15, 0.2) is 65.5 Å². The Balaban J connectivity index is 1.50. The highest BCUT2D eigenvalue weighted by Gasteiger charge is 2.11. The van der Waals surface area contributed by atoms with Gasteiger partial charge in [0.15, 0.2) is 0 Å². The van der Waals surface area contributed by atoms with Crippen molar-refractivity contribution in [3.05, 3.63) is 99.1 Å². The number of nitrogens with one attached hydrogen (secondary N) is 2. The summed E-state index contributed by atoms with van der Waals surface area (Å²) in [5.41, 5.74) is 4.95. The number of hydrogen-bond donors (Lipinski definition) is 2. The summed E-state index contributed by atoms with van der Waals surface area (Å²) in [6.07, 6.45) is 0. The molecule has 6 heteroatoms. The third-order valence-electron chi connectivity index (χ3n) is 4.88. The summed E-state index contributed by atoms with van der Waals surface area (Å²) in [5.74, 6) is -0.267. The van der Waals surface area contributed by atoms with Gasteiger partial charge in [-0.05, 0) is 37.1 Å². The van der Waals surface area contributed by atoms with Crippen LogP contribution in [-0.4, -0.2) is 20.7 Å². The zero-order valence-corrected chi connectivity index (χ0v) is 16.4. The molecular formula is C23H22N4O2. The van der Waals surface area contributed by atoms with E-state index in [9.17, 15) is 9.59 Å². The predicted octanol–water partition coefficient (Wildman–Crippen LogP) is 3.32. The van der Waals surface area contributed by atoms with Crippen LogP contribution < -0.4 is 10.9 Å². The van der Waals surface area contributed by atoms with Gasteiger partial charge in [-0.3, -0.25) is 14.3 Å². The fourth-order valence-electron chi connectivity index (χ4n) is 3.52. The second kappa shape index (κ2) is 7.75. The molecule has 2 heterocycles. The maximum Gasteiger partial charge on any atom is 0.252 e. The standard InChI is InChI=1S/C23H22N4O2/c1-15-10-16(2)27(26-15)14-18-7-5-6-17(11-18)13-24-23(29)20-12-22(28)25-21-9-4-3-8-19(20)21/h3-12H,13-14H2,1-2H3,(H,24,29)(H,25,28). The topological polar surface area (TPSA) is 79.8 Å². The molecule has 0 saturated heterocycles. The van der Waals surface area contributed by atoms with Crippen molar-refractivity contribution in [1.29, 1.82) is 0 Å². The van der Waals surface area contributed by atoms with Gasteiger partial charge in [0.25, 0.3) is 5.91 Å². The number of para-hydroxylation sites is 1. The van der Waals surface area contributed by atoms with E-state index in [-0.39, 0.29) is 11.5 Å². The third-order valence-corrected chi connectivity index (χ3v) is 4.88. The van der Waals surface area contributed by atoms with Crippen molar-refractivity contribution in [3.63, 3.8) is 0 Å². The Morgan fingerprint density at radius 1 is 1.03 bits per heavy atom. The first kappa shape index (κ1) is 18.7. The SMILES string of the molecule is Cc1cc(C)n(Cc2cccc(CNC(=O)c3cc(=O)[nH]c4ccccc34)c2)n1. The summed E-state index contributed by atoms with van der Waals surface area (Å²) in [6.45, 7) is 5.08. The molecule has 0 radical (unpaired) electrons. The van der Waals surface area contributed by atoms with Crippen molar-refractivity contribution in [2.45, 2.75) is 26.9 Å². The van der Waals surface area contributed by atoms with E-state index in [1.165, 1.54) is 6.07 Å². The lowest BCUT2D eigenvalue weighted by molar-refractivity contribution is 0.0952. The van der Waals surface area contributed by atoms with Crippen LogP contribution in [0.25, 0.3) is 10.9 Å². The van der Waals surface area contributed by atoms with E-state index in [0.29, 0.717) is 24.2 Å². The van der Waals surface area contributed by atoms with E-state index in [1.807, 2.05) is 54.9 Å². The number of rotatable bonds is 5. The number of carbonyl (C=O) groups excluding carboxylic acids is 1. The molecule has 0 aliphatic heterocycles. The van der Waals surface area contributed by atoms with Crippen LogP contribution in [0.5, 0.6) is 0 Å². The van der Waals surface area contributed by atoms with E-state index in [1.54, 1.807) is 6.07 Å². The number of hydrogen-bond acceptors (Lipinski definition) is 3. The van der Waals surface area contributed by atoms with Crippen LogP contribution in [0.3, 0.4) is 0 Å². The molecule has 2 aromatic carbocycles. The van der Waals surface area contributed by atoms with Crippen molar-refractivity contribution in [3.8, 4) is 0 Å². The highest BCUT2D eigenvalue weighted by atomic mass is 16.2. The van der Waals surface area contributed by atoms with Gasteiger partial charge in [0, 0.05) is 29.2 Å². The Morgan fingerprint density at radius 3 is 2.62 bits per heavy atom. The summed E-state index contributed by atoms with van der Waals surface area (Å²) < 4.78 is 1.97. The monoisotopic (exact) mass is 386 g/mol. The summed E-state index contributed by atoms with van der Waals surface area (Å²) in [4.78, 5) is 27.4. The van der Waals surface area contributed by atoms with E-state index < -0.39 is 0 Å². The number of aromatic nitrogens is 3. The van der Waals surface area contributed by atoms with Gasteiger partial charge in [0.1, 0.15) is 0 Å². The fraction of sp³-hybridized carbons (Fsp3) is 0.174. The van der Waals surface area contributed by atoms with Crippen LogP contribution in [0.4, 0.5) is 0 Å². The lowest BCUT2D eigenvalue weighted by atomic mass is 10.1. The van der Waals surface area contributed by atoms with Crippen molar-refractivity contribution < 1.29 is 4.79 Å². The number of nitrogens with zero attached hydrogens (tertiary/aromatic N) is 2. The maximum atomic E-state index is 12.7. The van der Waals surface area contributed by atoms with Gasteiger partial charge in [-0.25, -0.2) is 0 Å². The molecule has 29 heavy (non-hydrogen) atoms. The minimum atomic E-state index is -0.291. The molecule has 0 bridgehead atoms. The first-order chi connectivity index (χ1) is 14.0. The number of pyridine rings is 1. The molecule has 0 aliphatic carbocycles. The van der Waals surface area contributed by atoms with Gasteiger partial charge in [-0.15, -0.1) is 0 Å². The Bertz CT molecular complexity index is 1250. The molecule has 0 atom stereocenters. The summed E-state index contributed by atoms with van der Waals surface area (Å²) in [5, 5.41) is 8.15. The smallest absolute Gasteiger partial charge is 0.252 e. The molecular weight excluding hydrogens is 364 g/mol. The molecule has 146 valence electrons. The third kappa shape index (κ3) is 4.11. The minimum absolute atomic E-state index is 0.267. The van der Waals surface area contributed by atoms with Gasteiger partial charge in [0.05, 0.1) is 17.8 Å².